The van der Waals surface area contributed by atoms with Gasteiger partial charge in [0.05, 0.1) is 10.7 Å². The molecule has 1 amide bonds. The SMILES string of the molecule is Cc1cc(N)cc(Cl)c1NC(=O)c1ccc(-c2ccccc2)cc1. The van der Waals surface area contributed by atoms with Crippen LogP contribution in [0.25, 0.3) is 11.1 Å². The van der Waals surface area contributed by atoms with Gasteiger partial charge in [-0.25, -0.2) is 0 Å². The number of anilines is 2. The number of halogens is 1. The van der Waals surface area contributed by atoms with Crippen LogP contribution in [0.5, 0.6) is 0 Å². The molecule has 0 aliphatic carbocycles. The quantitative estimate of drug-likeness (QED) is 0.650. The second kappa shape index (κ2) is 6.77. The highest BCUT2D eigenvalue weighted by Gasteiger charge is 2.11. The van der Waals surface area contributed by atoms with Crippen LogP contribution in [0.15, 0.2) is 66.7 Å². The van der Waals surface area contributed by atoms with Gasteiger partial charge in [0.15, 0.2) is 0 Å². The molecule has 0 spiro atoms. The van der Waals surface area contributed by atoms with Gasteiger partial charge in [-0.1, -0.05) is 54.1 Å². The van der Waals surface area contributed by atoms with Gasteiger partial charge in [-0.15, -0.1) is 0 Å². The van der Waals surface area contributed by atoms with E-state index in [9.17, 15) is 4.79 Å². The smallest absolute Gasteiger partial charge is 0.255 e. The third-order valence-electron chi connectivity index (χ3n) is 3.80. The maximum absolute atomic E-state index is 12.5. The third-order valence-corrected chi connectivity index (χ3v) is 4.10. The van der Waals surface area contributed by atoms with Crippen LogP contribution in [0.2, 0.25) is 5.02 Å². The Labute approximate surface area is 146 Å². The topological polar surface area (TPSA) is 55.1 Å². The molecule has 24 heavy (non-hydrogen) atoms. The minimum absolute atomic E-state index is 0.204. The standard InChI is InChI=1S/C20H17ClN2O/c1-13-11-17(22)12-18(21)19(13)23-20(24)16-9-7-15(8-10-16)14-5-3-2-4-6-14/h2-12H,22H2,1H3,(H,23,24). The van der Waals surface area contributed by atoms with Crippen molar-refractivity contribution in [3.05, 3.63) is 82.9 Å². The fraction of sp³-hybridized carbons (Fsp3) is 0.0500. The summed E-state index contributed by atoms with van der Waals surface area (Å²) in [6.45, 7) is 1.86. The molecule has 120 valence electrons. The predicted molar refractivity (Wildman–Crippen MR) is 100 cm³/mol. The number of nitrogens with two attached hydrogens (primary N) is 1. The van der Waals surface area contributed by atoms with Crippen LogP contribution in [-0.2, 0) is 0 Å². The van der Waals surface area contributed by atoms with Crippen molar-refractivity contribution in [3.8, 4) is 11.1 Å². The van der Waals surface area contributed by atoms with E-state index in [2.05, 4.69) is 5.32 Å². The first-order valence-electron chi connectivity index (χ1n) is 7.57. The van der Waals surface area contributed by atoms with E-state index in [1.807, 2.05) is 49.4 Å². The molecule has 3 N–H and O–H groups in total. The zero-order chi connectivity index (χ0) is 17.1. The van der Waals surface area contributed by atoms with Gasteiger partial charge in [-0.05, 0) is 47.9 Å². The Morgan fingerprint density at radius 3 is 2.21 bits per heavy atom. The van der Waals surface area contributed by atoms with Crippen LogP contribution in [0.4, 0.5) is 11.4 Å². The summed E-state index contributed by atoms with van der Waals surface area (Å²) in [5.41, 5.74) is 10.5. The summed E-state index contributed by atoms with van der Waals surface area (Å²) in [7, 11) is 0. The van der Waals surface area contributed by atoms with E-state index in [-0.39, 0.29) is 5.91 Å². The van der Waals surface area contributed by atoms with Crippen LogP contribution in [0.1, 0.15) is 15.9 Å². The molecule has 3 aromatic rings. The highest BCUT2D eigenvalue weighted by Crippen LogP contribution is 2.29. The molecule has 0 fully saturated rings. The van der Waals surface area contributed by atoms with Crippen molar-refractivity contribution < 1.29 is 4.79 Å². The number of carbonyl (C=O) groups excluding carboxylic acids is 1. The van der Waals surface area contributed by atoms with E-state index in [0.29, 0.717) is 22.0 Å². The van der Waals surface area contributed by atoms with Crippen molar-refractivity contribution in [2.24, 2.45) is 0 Å². The highest BCUT2D eigenvalue weighted by atomic mass is 35.5. The van der Waals surface area contributed by atoms with Crippen LogP contribution in [0.3, 0.4) is 0 Å². The van der Waals surface area contributed by atoms with E-state index in [1.54, 1.807) is 24.3 Å². The molecule has 0 aromatic heterocycles. The van der Waals surface area contributed by atoms with Gasteiger partial charge in [0, 0.05) is 11.3 Å². The summed E-state index contributed by atoms with van der Waals surface area (Å²) in [5.74, 6) is -0.204. The van der Waals surface area contributed by atoms with Crippen molar-refractivity contribution in [1.82, 2.24) is 0 Å². The molecule has 0 unspecified atom stereocenters. The third kappa shape index (κ3) is 3.42. The molecule has 0 aliphatic rings. The normalized spacial score (nSPS) is 10.4. The van der Waals surface area contributed by atoms with Crippen molar-refractivity contribution in [3.63, 3.8) is 0 Å². The molecule has 0 aliphatic heterocycles. The van der Waals surface area contributed by atoms with Crippen LogP contribution in [0, 0.1) is 6.92 Å². The Hall–Kier alpha value is -2.78. The van der Waals surface area contributed by atoms with Gasteiger partial charge >= 0.3 is 0 Å². The maximum Gasteiger partial charge on any atom is 0.255 e. The summed E-state index contributed by atoms with van der Waals surface area (Å²) < 4.78 is 0. The lowest BCUT2D eigenvalue weighted by molar-refractivity contribution is 0.102. The molecule has 3 aromatic carbocycles. The summed E-state index contributed by atoms with van der Waals surface area (Å²) in [6, 6.07) is 20.9. The van der Waals surface area contributed by atoms with Crippen molar-refractivity contribution >= 4 is 28.9 Å². The largest absolute Gasteiger partial charge is 0.399 e. The van der Waals surface area contributed by atoms with Gasteiger partial charge in [-0.3, -0.25) is 4.79 Å². The number of hydrogen-bond acceptors (Lipinski definition) is 2. The number of nitrogen functional groups attached to an aromatic ring is 1. The summed E-state index contributed by atoms with van der Waals surface area (Å²) in [5, 5.41) is 3.29. The van der Waals surface area contributed by atoms with E-state index >= 15 is 0 Å². The molecule has 0 radical (unpaired) electrons. The molecular formula is C20H17ClN2O. The Morgan fingerprint density at radius 1 is 0.958 bits per heavy atom. The lowest BCUT2D eigenvalue weighted by Crippen LogP contribution is -2.13. The first-order valence-corrected chi connectivity index (χ1v) is 7.95. The zero-order valence-corrected chi connectivity index (χ0v) is 14.0. The second-order valence-corrected chi connectivity index (χ2v) is 6.00. The molecule has 0 saturated heterocycles. The molecule has 0 atom stereocenters. The number of amides is 1. The summed E-state index contributed by atoms with van der Waals surface area (Å²) >= 11 is 6.18. The van der Waals surface area contributed by atoms with Gasteiger partial charge in [0.1, 0.15) is 0 Å². The van der Waals surface area contributed by atoms with Crippen molar-refractivity contribution in [1.29, 1.82) is 0 Å². The average Bonchev–Trinajstić information content (AvgIpc) is 2.59. The first-order chi connectivity index (χ1) is 11.5. The van der Waals surface area contributed by atoms with E-state index < -0.39 is 0 Å². The molecule has 0 heterocycles. The fourth-order valence-electron chi connectivity index (χ4n) is 2.56. The van der Waals surface area contributed by atoms with Crippen molar-refractivity contribution in [2.45, 2.75) is 6.92 Å². The minimum atomic E-state index is -0.204. The lowest BCUT2D eigenvalue weighted by Gasteiger charge is -2.12. The van der Waals surface area contributed by atoms with Gasteiger partial charge < -0.3 is 11.1 Å². The number of hydrogen-bond donors (Lipinski definition) is 2. The van der Waals surface area contributed by atoms with Crippen LogP contribution >= 0.6 is 11.6 Å². The summed E-state index contributed by atoms with van der Waals surface area (Å²) in [6.07, 6.45) is 0. The highest BCUT2D eigenvalue weighted by molar-refractivity contribution is 6.34. The zero-order valence-electron chi connectivity index (χ0n) is 13.2. The average molecular weight is 337 g/mol. The number of nitrogens with one attached hydrogen (secondary N) is 1. The molecule has 4 heteroatoms. The summed E-state index contributed by atoms with van der Waals surface area (Å²) in [4.78, 5) is 12.5. The van der Waals surface area contributed by atoms with E-state index in [1.165, 1.54) is 0 Å². The minimum Gasteiger partial charge on any atom is -0.399 e. The number of benzene rings is 3. The molecule has 0 saturated carbocycles. The molecule has 3 nitrogen and oxygen atoms in total. The van der Waals surface area contributed by atoms with Crippen LogP contribution in [-0.4, -0.2) is 5.91 Å². The fourth-order valence-corrected chi connectivity index (χ4v) is 2.88. The number of aryl methyl sites for hydroxylation is 1. The monoisotopic (exact) mass is 336 g/mol. The Balaban J connectivity index is 1.81. The molecule has 0 bridgehead atoms. The first kappa shape index (κ1) is 16.1. The van der Waals surface area contributed by atoms with Crippen LogP contribution < -0.4 is 11.1 Å². The molecule has 3 rings (SSSR count). The predicted octanol–water partition coefficient (Wildman–Crippen LogP) is 5.15. The Morgan fingerprint density at radius 2 is 1.58 bits per heavy atom. The van der Waals surface area contributed by atoms with Gasteiger partial charge in [-0.2, -0.15) is 0 Å². The van der Waals surface area contributed by atoms with E-state index in [0.717, 1.165) is 16.7 Å². The van der Waals surface area contributed by atoms with Crippen molar-refractivity contribution in [2.75, 3.05) is 11.1 Å². The van der Waals surface area contributed by atoms with Gasteiger partial charge in [0.2, 0.25) is 0 Å². The molecular weight excluding hydrogens is 320 g/mol. The lowest BCUT2D eigenvalue weighted by atomic mass is 10.0. The second-order valence-electron chi connectivity index (χ2n) is 5.59. The maximum atomic E-state index is 12.5. The Kier molecular flexibility index (Phi) is 4.54. The Bertz CT molecular complexity index is 851. The number of carbonyl (C=O) groups is 1. The van der Waals surface area contributed by atoms with E-state index in [4.69, 9.17) is 17.3 Å². The number of rotatable bonds is 3. The van der Waals surface area contributed by atoms with Gasteiger partial charge in [0.25, 0.3) is 5.91 Å².